The van der Waals surface area contributed by atoms with Gasteiger partial charge in [0.2, 0.25) is 0 Å². The highest BCUT2D eigenvalue weighted by Crippen LogP contribution is 2.21. The van der Waals surface area contributed by atoms with Gasteiger partial charge >= 0.3 is 0 Å². The predicted molar refractivity (Wildman–Crippen MR) is 70.2 cm³/mol. The molecule has 1 aromatic heterocycles. The number of nitrogens with two attached hydrogens (primary N) is 1. The van der Waals surface area contributed by atoms with E-state index >= 15 is 0 Å². The SMILES string of the molecule is CCc1ccc(CC(N)c2ccc(Cl)o2)cc1. The van der Waals surface area contributed by atoms with E-state index in [1.165, 1.54) is 11.1 Å². The lowest BCUT2D eigenvalue weighted by Crippen LogP contribution is -2.12. The minimum absolute atomic E-state index is 0.144. The fraction of sp³-hybridized carbons (Fsp3) is 0.286. The zero-order chi connectivity index (χ0) is 12.3. The second-order valence-corrected chi connectivity index (χ2v) is 4.50. The van der Waals surface area contributed by atoms with Crippen molar-refractivity contribution in [1.29, 1.82) is 0 Å². The lowest BCUT2D eigenvalue weighted by atomic mass is 10.0. The van der Waals surface area contributed by atoms with Crippen molar-refractivity contribution in [2.24, 2.45) is 5.73 Å². The Balaban J connectivity index is 2.04. The summed E-state index contributed by atoms with van der Waals surface area (Å²) >= 11 is 5.72. The molecule has 2 N–H and O–H groups in total. The minimum Gasteiger partial charge on any atom is -0.448 e. The number of aryl methyl sites for hydroxylation is 1. The largest absolute Gasteiger partial charge is 0.448 e. The second-order valence-electron chi connectivity index (χ2n) is 4.12. The van der Waals surface area contributed by atoms with Crippen LogP contribution >= 0.6 is 11.6 Å². The van der Waals surface area contributed by atoms with E-state index in [0.29, 0.717) is 5.22 Å². The van der Waals surface area contributed by atoms with Crippen LogP contribution in [0.5, 0.6) is 0 Å². The van der Waals surface area contributed by atoms with Gasteiger partial charge in [0.1, 0.15) is 5.76 Å². The molecule has 17 heavy (non-hydrogen) atoms. The van der Waals surface area contributed by atoms with Crippen molar-refractivity contribution >= 4 is 11.6 Å². The molecular formula is C14H16ClNO. The Morgan fingerprint density at radius 2 is 1.76 bits per heavy atom. The number of hydrogen-bond donors (Lipinski definition) is 1. The fourth-order valence-electron chi connectivity index (χ4n) is 1.79. The number of hydrogen-bond acceptors (Lipinski definition) is 2. The Kier molecular flexibility index (Phi) is 3.87. The Hall–Kier alpha value is -1.25. The molecule has 0 aliphatic rings. The molecule has 0 bridgehead atoms. The van der Waals surface area contributed by atoms with Gasteiger partial charge in [0.05, 0.1) is 6.04 Å². The summed E-state index contributed by atoms with van der Waals surface area (Å²) in [5.74, 6) is 0.731. The molecule has 1 atom stereocenters. The van der Waals surface area contributed by atoms with Gasteiger partial charge in [-0.1, -0.05) is 31.2 Å². The smallest absolute Gasteiger partial charge is 0.193 e. The number of benzene rings is 1. The van der Waals surface area contributed by atoms with Gasteiger partial charge in [0.25, 0.3) is 0 Å². The molecule has 2 rings (SSSR count). The molecule has 0 aliphatic heterocycles. The van der Waals surface area contributed by atoms with Crippen LogP contribution in [0.4, 0.5) is 0 Å². The fourth-order valence-corrected chi connectivity index (χ4v) is 1.95. The van der Waals surface area contributed by atoms with Crippen LogP contribution in [0.2, 0.25) is 5.22 Å². The third kappa shape index (κ3) is 3.11. The van der Waals surface area contributed by atoms with Crippen molar-refractivity contribution in [3.8, 4) is 0 Å². The Labute approximate surface area is 106 Å². The van der Waals surface area contributed by atoms with Crippen molar-refractivity contribution in [2.75, 3.05) is 0 Å². The summed E-state index contributed by atoms with van der Waals surface area (Å²) in [5, 5.41) is 0.386. The van der Waals surface area contributed by atoms with E-state index in [-0.39, 0.29) is 6.04 Å². The average molecular weight is 250 g/mol. The first-order chi connectivity index (χ1) is 8.19. The van der Waals surface area contributed by atoms with E-state index in [4.69, 9.17) is 21.8 Å². The summed E-state index contributed by atoms with van der Waals surface area (Å²) in [7, 11) is 0. The lowest BCUT2D eigenvalue weighted by molar-refractivity contribution is 0.466. The van der Waals surface area contributed by atoms with E-state index in [0.717, 1.165) is 18.6 Å². The molecule has 0 fully saturated rings. The van der Waals surface area contributed by atoms with Crippen molar-refractivity contribution in [2.45, 2.75) is 25.8 Å². The maximum atomic E-state index is 6.06. The Morgan fingerprint density at radius 1 is 1.12 bits per heavy atom. The van der Waals surface area contributed by atoms with E-state index in [9.17, 15) is 0 Å². The van der Waals surface area contributed by atoms with E-state index in [2.05, 4.69) is 31.2 Å². The summed E-state index contributed by atoms with van der Waals surface area (Å²) in [6.07, 6.45) is 1.81. The summed E-state index contributed by atoms with van der Waals surface area (Å²) in [6.45, 7) is 2.14. The Bertz CT molecular complexity index is 475. The standard InChI is InChI=1S/C14H16ClNO/c1-2-10-3-5-11(6-4-10)9-12(16)13-7-8-14(15)17-13/h3-8,12H,2,9,16H2,1H3. The van der Waals surface area contributed by atoms with Crippen molar-refractivity contribution in [3.05, 3.63) is 58.5 Å². The molecule has 0 aliphatic carbocycles. The molecule has 0 amide bonds. The van der Waals surface area contributed by atoms with Crippen LogP contribution in [-0.4, -0.2) is 0 Å². The van der Waals surface area contributed by atoms with Crippen LogP contribution in [0.25, 0.3) is 0 Å². The number of rotatable bonds is 4. The first kappa shape index (κ1) is 12.2. The van der Waals surface area contributed by atoms with Crippen LogP contribution in [0.15, 0.2) is 40.8 Å². The highest BCUT2D eigenvalue weighted by atomic mass is 35.5. The molecule has 1 aromatic carbocycles. The molecule has 0 radical (unpaired) electrons. The second kappa shape index (κ2) is 5.39. The first-order valence-corrected chi connectivity index (χ1v) is 6.15. The predicted octanol–water partition coefficient (Wildman–Crippen LogP) is 3.74. The van der Waals surface area contributed by atoms with Crippen LogP contribution in [0, 0.1) is 0 Å². The highest BCUT2D eigenvalue weighted by molar-refractivity contribution is 6.28. The maximum Gasteiger partial charge on any atom is 0.193 e. The molecule has 2 nitrogen and oxygen atoms in total. The van der Waals surface area contributed by atoms with Crippen LogP contribution < -0.4 is 5.73 Å². The van der Waals surface area contributed by atoms with E-state index < -0.39 is 0 Å². The summed E-state index contributed by atoms with van der Waals surface area (Å²) in [4.78, 5) is 0. The molecular weight excluding hydrogens is 234 g/mol. The van der Waals surface area contributed by atoms with Gasteiger partial charge in [0.15, 0.2) is 5.22 Å². The zero-order valence-corrected chi connectivity index (χ0v) is 10.6. The third-order valence-electron chi connectivity index (χ3n) is 2.85. The lowest BCUT2D eigenvalue weighted by Gasteiger charge is -2.09. The van der Waals surface area contributed by atoms with Gasteiger partial charge < -0.3 is 10.2 Å². The number of furan rings is 1. The van der Waals surface area contributed by atoms with E-state index in [1.54, 1.807) is 6.07 Å². The van der Waals surface area contributed by atoms with Crippen LogP contribution in [0.1, 0.15) is 29.9 Å². The molecule has 1 unspecified atom stereocenters. The maximum absolute atomic E-state index is 6.06. The molecule has 0 spiro atoms. The van der Waals surface area contributed by atoms with Gasteiger partial charge in [-0.25, -0.2) is 0 Å². The normalized spacial score (nSPS) is 12.6. The van der Waals surface area contributed by atoms with Crippen LogP contribution in [-0.2, 0) is 12.8 Å². The van der Waals surface area contributed by atoms with Gasteiger partial charge in [0, 0.05) is 0 Å². The molecule has 90 valence electrons. The summed E-state index contributed by atoms with van der Waals surface area (Å²) in [6, 6.07) is 11.9. The average Bonchev–Trinajstić information content (AvgIpc) is 2.77. The minimum atomic E-state index is -0.144. The van der Waals surface area contributed by atoms with Crippen molar-refractivity contribution < 1.29 is 4.42 Å². The molecule has 2 aromatic rings. The monoisotopic (exact) mass is 249 g/mol. The van der Waals surface area contributed by atoms with Crippen LogP contribution in [0.3, 0.4) is 0 Å². The molecule has 1 heterocycles. The highest BCUT2D eigenvalue weighted by Gasteiger charge is 2.11. The van der Waals surface area contributed by atoms with E-state index in [1.807, 2.05) is 6.07 Å². The van der Waals surface area contributed by atoms with Gasteiger partial charge in [-0.2, -0.15) is 0 Å². The summed E-state index contributed by atoms with van der Waals surface area (Å²) < 4.78 is 5.30. The Morgan fingerprint density at radius 3 is 2.29 bits per heavy atom. The third-order valence-corrected chi connectivity index (χ3v) is 3.05. The van der Waals surface area contributed by atoms with Crippen molar-refractivity contribution in [3.63, 3.8) is 0 Å². The quantitative estimate of drug-likeness (QED) is 0.897. The molecule has 3 heteroatoms. The molecule has 0 saturated heterocycles. The molecule has 0 saturated carbocycles. The first-order valence-electron chi connectivity index (χ1n) is 5.77. The van der Waals surface area contributed by atoms with Gasteiger partial charge in [-0.05, 0) is 47.7 Å². The summed E-state index contributed by atoms with van der Waals surface area (Å²) in [5.41, 5.74) is 8.61. The number of halogens is 1. The zero-order valence-electron chi connectivity index (χ0n) is 9.82. The topological polar surface area (TPSA) is 39.2 Å². The van der Waals surface area contributed by atoms with Crippen molar-refractivity contribution in [1.82, 2.24) is 0 Å². The van der Waals surface area contributed by atoms with Gasteiger partial charge in [-0.3, -0.25) is 0 Å². The van der Waals surface area contributed by atoms with Gasteiger partial charge in [-0.15, -0.1) is 0 Å².